The van der Waals surface area contributed by atoms with Crippen molar-refractivity contribution in [3.8, 4) is 11.3 Å². The van der Waals surface area contributed by atoms with Gasteiger partial charge in [-0.1, -0.05) is 0 Å². The molecular weight excluding hydrogens is 336 g/mol. The van der Waals surface area contributed by atoms with Gasteiger partial charge in [0.15, 0.2) is 0 Å². The zero-order chi connectivity index (χ0) is 17.8. The van der Waals surface area contributed by atoms with Gasteiger partial charge in [0.05, 0.1) is 32.1 Å². The Morgan fingerprint density at radius 3 is 2.65 bits per heavy atom. The molecule has 2 saturated heterocycles. The lowest BCUT2D eigenvalue weighted by Gasteiger charge is -2.28. The molecule has 2 fully saturated rings. The van der Waals surface area contributed by atoms with Gasteiger partial charge in [-0.15, -0.1) is 0 Å². The van der Waals surface area contributed by atoms with Gasteiger partial charge in [0.25, 0.3) is 0 Å². The van der Waals surface area contributed by atoms with E-state index in [9.17, 15) is 0 Å². The molecule has 10 nitrogen and oxygen atoms in total. The first kappa shape index (κ1) is 16.9. The summed E-state index contributed by atoms with van der Waals surface area (Å²) < 4.78 is 11.1. The summed E-state index contributed by atoms with van der Waals surface area (Å²) in [5.74, 6) is 1.54. The SMILES string of the molecule is Nc1ncc(-c2cc(NC3C[N]CCO3)nc(N3CCOCC3)n2)cn1. The number of anilines is 3. The normalized spacial score (nSPS) is 20.8. The minimum absolute atomic E-state index is 0.188. The Hall–Kier alpha value is -2.56. The number of hydrogen-bond donors (Lipinski definition) is 2. The van der Waals surface area contributed by atoms with Crippen molar-refractivity contribution in [1.29, 1.82) is 0 Å². The molecule has 0 saturated carbocycles. The molecule has 2 aliphatic heterocycles. The predicted molar refractivity (Wildman–Crippen MR) is 95.7 cm³/mol. The summed E-state index contributed by atoms with van der Waals surface area (Å²) >= 11 is 0. The van der Waals surface area contributed by atoms with Crippen molar-refractivity contribution in [3.05, 3.63) is 18.5 Å². The van der Waals surface area contributed by atoms with Gasteiger partial charge >= 0.3 is 0 Å². The Morgan fingerprint density at radius 1 is 1.12 bits per heavy atom. The second-order valence-corrected chi connectivity index (χ2v) is 6.00. The van der Waals surface area contributed by atoms with Gasteiger partial charge in [0, 0.05) is 43.7 Å². The number of morpholine rings is 2. The lowest BCUT2D eigenvalue weighted by Crippen LogP contribution is -2.40. The summed E-state index contributed by atoms with van der Waals surface area (Å²) in [5.41, 5.74) is 7.08. The van der Waals surface area contributed by atoms with Crippen molar-refractivity contribution in [2.75, 3.05) is 62.0 Å². The Kier molecular flexibility index (Phi) is 5.04. The maximum Gasteiger partial charge on any atom is 0.228 e. The minimum atomic E-state index is -0.188. The van der Waals surface area contributed by atoms with Crippen LogP contribution in [0.15, 0.2) is 18.5 Å². The Balaban J connectivity index is 1.65. The largest absolute Gasteiger partial charge is 0.378 e. The third-order valence-electron chi connectivity index (χ3n) is 4.15. The number of aromatic nitrogens is 4. The monoisotopic (exact) mass is 357 g/mol. The molecule has 0 aliphatic carbocycles. The number of nitrogens with two attached hydrogens (primary N) is 1. The maximum atomic E-state index is 5.69. The van der Waals surface area contributed by atoms with Crippen LogP contribution in [0.2, 0.25) is 0 Å². The highest BCUT2D eigenvalue weighted by Crippen LogP contribution is 2.23. The van der Waals surface area contributed by atoms with E-state index in [4.69, 9.17) is 15.2 Å². The first-order chi connectivity index (χ1) is 12.8. The topological polar surface area (TPSA) is 125 Å². The number of nitrogens with one attached hydrogen (secondary N) is 1. The molecule has 3 N–H and O–H groups in total. The second-order valence-electron chi connectivity index (χ2n) is 6.00. The Morgan fingerprint density at radius 2 is 1.92 bits per heavy atom. The van der Waals surface area contributed by atoms with Gasteiger partial charge in [-0.05, 0) is 0 Å². The Bertz CT molecular complexity index is 730. The minimum Gasteiger partial charge on any atom is -0.378 e. The van der Waals surface area contributed by atoms with Crippen molar-refractivity contribution in [2.45, 2.75) is 6.23 Å². The number of nitrogen functional groups attached to an aromatic ring is 1. The van der Waals surface area contributed by atoms with Gasteiger partial charge in [-0.2, -0.15) is 4.98 Å². The van der Waals surface area contributed by atoms with Crippen LogP contribution in [0.3, 0.4) is 0 Å². The molecule has 1 unspecified atom stereocenters. The summed E-state index contributed by atoms with van der Waals surface area (Å²) in [6.07, 6.45) is 3.13. The molecule has 137 valence electrons. The van der Waals surface area contributed by atoms with E-state index in [0.717, 1.165) is 30.9 Å². The maximum absolute atomic E-state index is 5.69. The van der Waals surface area contributed by atoms with E-state index in [1.165, 1.54) is 0 Å². The van der Waals surface area contributed by atoms with Crippen LogP contribution >= 0.6 is 0 Å². The zero-order valence-corrected chi connectivity index (χ0v) is 14.3. The van der Waals surface area contributed by atoms with E-state index in [2.05, 4.69) is 35.5 Å². The van der Waals surface area contributed by atoms with Gasteiger partial charge in [-0.25, -0.2) is 20.3 Å². The van der Waals surface area contributed by atoms with Gasteiger partial charge in [-0.3, -0.25) is 0 Å². The van der Waals surface area contributed by atoms with Crippen LogP contribution in [-0.4, -0.2) is 72.2 Å². The van der Waals surface area contributed by atoms with Gasteiger partial charge in [0.1, 0.15) is 12.0 Å². The lowest BCUT2D eigenvalue weighted by atomic mass is 10.2. The summed E-state index contributed by atoms with van der Waals surface area (Å²) in [5, 5.41) is 7.66. The number of rotatable bonds is 4. The highest BCUT2D eigenvalue weighted by Gasteiger charge is 2.19. The summed E-state index contributed by atoms with van der Waals surface area (Å²) in [6, 6.07) is 1.86. The van der Waals surface area contributed by atoms with E-state index in [0.29, 0.717) is 38.1 Å². The fraction of sp³-hybridized carbons (Fsp3) is 0.500. The molecule has 0 aromatic carbocycles. The van der Waals surface area contributed by atoms with Crippen LogP contribution in [0.1, 0.15) is 0 Å². The fourth-order valence-corrected chi connectivity index (χ4v) is 2.80. The van der Waals surface area contributed by atoms with Crippen LogP contribution in [0.4, 0.5) is 17.7 Å². The molecule has 1 radical (unpaired) electrons. The highest BCUT2D eigenvalue weighted by molar-refractivity contribution is 5.63. The number of ether oxygens (including phenoxy) is 2. The second kappa shape index (κ2) is 7.77. The smallest absolute Gasteiger partial charge is 0.228 e. The molecule has 2 aromatic heterocycles. The zero-order valence-electron chi connectivity index (χ0n) is 14.3. The fourth-order valence-electron chi connectivity index (χ4n) is 2.80. The van der Waals surface area contributed by atoms with Crippen molar-refractivity contribution < 1.29 is 9.47 Å². The van der Waals surface area contributed by atoms with Crippen molar-refractivity contribution in [1.82, 2.24) is 25.3 Å². The lowest BCUT2D eigenvalue weighted by molar-refractivity contribution is 0.0449. The first-order valence-electron chi connectivity index (χ1n) is 8.59. The van der Waals surface area contributed by atoms with Crippen LogP contribution in [0, 0.1) is 0 Å². The number of hydrogen-bond acceptors (Lipinski definition) is 9. The van der Waals surface area contributed by atoms with Crippen LogP contribution in [-0.2, 0) is 9.47 Å². The molecule has 0 bridgehead atoms. The molecule has 4 rings (SSSR count). The molecule has 26 heavy (non-hydrogen) atoms. The quantitative estimate of drug-likeness (QED) is 0.760. The summed E-state index contributed by atoms with van der Waals surface area (Å²) in [7, 11) is 0. The average Bonchev–Trinajstić information content (AvgIpc) is 2.70. The van der Waals surface area contributed by atoms with Crippen LogP contribution < -0.4 is 21.3 Å². The predicted octanol–water partition coefficient (Wildman–Crippen LogP) is -0.275. The Labute approximate surface area is 151 Å². The molecule has 0 spiro atoms. The molecule has 4 heterocycles. The van der Waals surface area contributed by atoms with Crippen LogP contribution in [0.5, 0.6) is 0 Å². The molecular formula is C16H21N8O2. The van der Waals surface area contributed by atoms with E-state index in [1.807, 2.05) is 6.07 Å². The van der Waals surface area contributed by atoms with Crippen molar-refractivity contribution in [2.24, 2.45) is 0 Å². The third kappa shape index (κ3) is 3.98. The standard InChI is InChI=1S/C16H21N8O2/c17-15-19-8-11(9-20-15)12-7-13(22-14-10-18-1-4-26-14)23-16(21-12)24-2-5-25-6-3-24/h7-9,14H,1-6,10H2,(H2,17,19,20)(H,21,22,23). The first-order valence-corrected chi connectivity index (χ1v) is 8.59. The summed E-state index contributed by atoms with van der Waals surface area (Å²) in [4.78, 5) is 19.6. The number of nitrogens with zero attached hydrogens (tertiary/aromatic N) is 6. The molecule has 2 aromatic rings. The van der Waals surface area contributed by atoms with Gasteiger partial charge < -0.3 is 25.4 Å². The van der Waals surface area contributed by atoms with Gasteiger partial charge in [0.2, 0.25) is 11.9 Å². The van der Waals surface area contributed by atoms with Crippen molar-refractivity contribution in [3.63, 3.8) is 0 Å². The molecule has 0 amide bonds. The third-order valence-corrected chi connectivity index (χ3v) is 4.15. The van der Waals surface area contributed by atoms with E-state index >= 15 is 0 Å². The molecule has 1 atom stereocenters. The van der Waals surface area contributed by atoms with Crippen molar-refractivity contribution >= 4 is 17.7 Å². The van der Waals surface area contributed by atoms with Crippen LogP contribution in [0.25, 0.3) is 11.3 Å². The summed E-state index contributed by atoms with van der Waals surface area (Å²) in [6.45, 7) is 4.74. The van der Waals surface area contributed by atoms with E-state index in [1.54, 1.807) is 12.4 Å². The highest BCUT2D eigenvalue weighted by atomic mass is 16.5. The molecule has 2 aliphatic rings. The van der Waals surface area contributed by atoms with E-state index in [-0.39, 0.29) is 12.2 Å². The van der Waals surface area contributed by atoms with E-state index < -0.39 is 0 Å². The average molecular weight is 357 g/mol. The molecule has 10 heteroatoms.